The van der Waals surface area contributed by atoms with E-state index in [1.165, 1.54) is 6.20 Å². The maximum atomic E-state index is 15.3. The number of amides is 1. The van der Waals surface area contributed by atoms with Crippen LogP contribution in [0.3, 0.4) is 0 Å². The molecule has 2 aliphatic carbocycles. The van der Waals surface area contributed by atoms with E-state index in [-0.39, 0.29) is 28.4 Å². The van der Waals surface area contributed by atoms with Gasteiger partial charge in [0.25, 0.3) is 0 Å². The molecule has 2 aromatic rings. The number of carboxylic acids is 1. The number of aromatic carboxylic acids is 1. The molecule has 33 heavy (non-hydrogen) atoms. The average Bonchev–Trinajstić information content (AvgIpc) is 3.60. The van der Waals surface area contributed by atoms with E-state index >= 15 is 4.39 Å². The van der Waals surface area contributed by atoms with Crippen molar-refractivity contribution in [1.29, 1.82) is 0 Å². The summed E-state index contributed by atoms with van der Waals surface area (Å²) in [5.74, 6) is -1.88. The topological polar surface area (TPSA) is 101 Å². The van der Waals surface area contributed by atoms with Gasteiger partial charge in [0.2, 0.25) is 5.43 Å². The van der Waals surface area contributed by atoms with Crippen molar-refractivity contribution in [2.24, 2.45) is 5.41 Å². The quantitative estimate of drug-likeness (QED) is 0.727. The van der Waals surface area contributed by atoms with E-state index < -0.39 is 28.9 Å². The van der Waals surface area contributed by atoms with Crippen molar-refractivity contribution in [3.63, 3.8) is 0 Å². The largest absolute Gasteiger partial charge is 0.477 e. The fraction of sp³-hybridized carbons (Fsp3) is 0.542. The first kappa shape index (κ1) is 21.7. The minimum Gasteiger partial charge on any atom is -0.477 e. The summed E-state index contributed by atoms with van der Waals surface area (Å²) in [4.78, 5) is 38.5. The zero-order valence-electron chi connectivity index (χ0n) is 19.0. The number of rotatable bonds is 4. The SMILES string of the molecule is CC(C)(C)OC(=O)NC1CN(c2cc3c(cc2F)c(=O)c(C(=O)O)cn3C2CC2)CC12CC2. The summed E-state index contributed by atoms with van der Waals surface area (Å²) in [5.41, 5.74) is -0.839. The van der Waals surface area contributed by atoms with Crippen LogP contribution in [0.2, 0.25) is 0 Å². The second-order valence-electron chi connectivity index (χ2n) is 10.6. The Hall–Kier alpha value is -3.10. The Bertz CT molecular complexity index is 1220. The number of ether oxygens (including phenoxy) is 1. The van der Waals surface area contributed by atoms with Gasteiger partial charge in [-0.1, -0.05) is 0 Å². The number of alkyl carbamates (subject to hydrolysis) is 1. The van der Waals surface area contributed by atoms with Crippen LogP contribution in [0.5, 0.6) is 0 Å². The average molecular weight is 458 g/mol. The predicted octanol–water partition coefficient (Wildman–Crippen LogP) is 3.67. The van der Waals surface area contributed by atoms with Gasteiger partial charge in [-0.25, -0.2) is 14.0 Å². The molecule has 2 saturated carbocycles. The fourth-order valence-corrected chi connectivity index (χ4v) is 4.88. The Morgan fingerprint density at radius 1 is 1.24 bits per heavy atom. The molecule has 1 atom stereocenters. The van der Waals surface area contributed by atoms with Crippen LogP contribution in [0.25, 0.3) is 10.9 Å². The van der Waals surface area contributed by atoms with Gasteiger partial charge in [0.15, 0.2) is 0 Å². The highest BCUT2D eigenvalue weighted by atomic mass is 19.1. The highest BCUT2D eigenvalue weighted by molar-refractivity contribution is 5.93. The van der Waals surface area contributed by atoms with Gasteiger partial charge in [-0.3, -0.25) is 4.79 Å². The molecule has 8 nitrogen and oxygen atoms in total. The van der Waals surface area contributed by atoms with Crippen LogP contribution in [-0.2, 0) is 4.74 Å². The number of pyridine rings is 1. The van der Waals surface area contributed by atoms with Gasteiger partial charge in [0, 0.05) is 36.1 Å². The Morgan fingerprint density at radius 2 is 1.94 bits per heavy atom. The van der Waals surface area contributed by atoms with Crippen molar-refractivity contribution in [2.45, 2.75) is 64.1 Å². The molecule has 2 heterocycles. The molecule has 1 aromatic carbocycles. The monoisotopic (exact) mass is 457 g/mol. The summed E-state index contributed by atoms with van der Waals surface area (Å²) in [6.07, 6.45) is 4.55. The van der Waals surface area contributed by atoms with Gasteiger partial charge < -0.3 is 24.6 Å². The molecule has 1 spiro atoms. The molecule has 1 unspecified atom stereocenters. The van der Waals surface area contributed by atoms with Crippen molar-refractivity contribution in [3.8, 4) is 0 Å². The van der Waals surface area contributed by atoms with Crippen LogP contribution in [0.1, 0.15) is 62.9 Å². The highest BCUT2D eigenvalue weighted by Gasteiger charge is 2.56. The molecule has 2 N–H and O–H groups in total. The van der Waals surface area contributed by atoms with E-state index in [1.54, 1.807) is 31.4 Å². The van der Waals surface area contributed by atoms with Crippen LogP contribution in [0.4, 0.5) is 14.9 Å². The first-order valence-electron chi connectivity index (χ1n) is 11.3. The maximum Gasteiger partial charge on any atom is 0.407 e. The number of nitrogens with one attached hydrogen (secondary N) is 1. The van der Waals surface area contributed by atoms with Crippen molar-refractivity contribution < 1.29 is 23.8 Å². The van der Waals surface area contributed by atoms with E-state index in [0.29, 0.717) is 24.3 Å². The Balaban J connectivity index is 1.49. The van der Waals surface area contributed by atoms with E-state index in [2.05, 4.69) is 5.32 Å². The lowest BCUT2D eigenvalue weighted by molar-refractivity contribution is 0.0493. The van der Waals surface area contributed by atoms with Gasteiger partial charge in [0.1, 0.15) is 17.0 Å². The summed E-state index contributed by atoms with van der Waals surface area (Å²) in [5, 5.41) is 12.5. The lowest BCUT2D eigenvalue weighted by atomic mass is 10.0. The van der Waals surface area contributed by atoms with Crippen molar-refractivity contribution >= 4 is 28.7 Å². The number of anilines is 1. The van der Waals surface area contributed by atoms with Crippen LogP contribution in [-0.4, -0.2) is 46.5 Å². The molecule has 1 aliphatic heterocycles. The zero-order valence-corrected chi connectivity index (χ0v) is 19.0. The number of carbonyl (C=O) groups excluding carboxylic acids is 1. The molecular weight excluding hydrogens is 429 g/mol. The number of nitrogens with zero attached hydrogens (tertiary/aromatic N) is 2. The lowest BCUT2D eigenvalue weighted by Crippen LogP contribution is -2.44. The number of halogens is 1. The second-order valence-corrected chi connectivity index (χ2v) is 10.6. The highest BCUT2D eigenvalue weighted by Crippen LogP contribution is 2.54. The molecule has 0 radical (unpaired) electrons. The molecule has 3 aliphatic rings. The molecule has 1 saturated heterocycles. The minimum absolute atomic E-state index is 0.0758. The molecule has 3 fully saturated rings. The fourth-order valence-electron chi connectivity index (χ4n) is 4.88. The molecule has 0 bridgehead atoms. The van der Waals surface area contributed by atoms with Crippen LogP contribution in [0.15, 0.2) is 23.1 Å². The van der Waals surface area contributed by atoms with E-state index in [1.807, 2.05) is 4.90 Å². The molecule has 9 heteroatoms. The Labute approximate surface area is 190 Å². The van der Waals surface area contributed by atoms with Crippen LogP contribution >= 0.6 is 0 Å². The number of benzene rings is 1. The number of fused-ring (bicyclic) bond motifs is 1. The minimum atomic E-state index is -1.31. The first-order valence-corrected chi connectivity index (χ1v) is 11.3. The van der Waals surface area contributed by atoms with E-state index in [4.69, 9.17) is 4.74 Å². The van der Waals surface area contributed by atoms with Crippen molar-refractivity contribution in [1.82, 2.24) is 9.88 Å². The normalized spacial score (nSPS) is 21.5. The Kier molecular flexibility index (Phi) is 4.74. The number of aromatic nitrogens is 1. The van der Waals surface area contributed by atoms with E-state index in [0.717, 1.165) is 31.7 Å². The third kappa shape index (κ3) is 3.94. The van der Waals surface area contributed by atoms with Crippen LogP contribution in [0, 0.1) is 11.2 Å². The smallest absolute Gasteiger partial charge is 0.407 e. The molecule has 1 aromatic heterocycles. The Morgan fingerprint density at radius 3 is 2.52 bits per heavy atom. The molecular formula is C24H28FN3O5. The predicted molar refractivity (Wildman–Crippen MR) is 120 cm³/mol. The van der Waals surface area contributed by atoms with Gasteiger partial charge in [-0.15, -0.1) is 0 Å². The second kappa shape index (κ2) is 7.20. The summed E-state index contributed by atoms with van der Waals surface area (Å²) in [6.45, 7) is 6.44. The first-order chi connectivity index (χ1) is 15.5. The standard InChI is InChI=1S/C24H28FN3O5/c1-23(2,3)33-22(32)26-19-11-27(12-24(19)6-7-24)18-9-17-14(8-16(18)25)20(29)15(21(30)31)10-28(17)13-4-5-13/h8-10,13,19H,4-7,11-12H2,1-3H3,(H,26,32)(H,30,31). The van der Waals surface area contributed by atoms with Gasteiger partial charge in [-0.05, 0) is 58.6 Å². The third-order valence-corrected chi connectivity index (χ3v) is 6.84. The van der Waals surface area contributed by atoms with Gasteiger partial charge >= 0.3 is 12.1 Å². The lowest BCUT2D eigenvalue weighted by Gasteiger charge is -2.24. The third-order valence-electron chi connectivity index (χ3n) is 6.84. The maximum absolute atomic E-state index is 15.3. The molecule has 176 valence electrons. The van der Waals surface area contributed by atoms with Crippen molar-refractivity contribution in [2.75, 3.05) is 18.0 Å². The number of hydrogen-bond acceptors (Lipinski definition) is 5. The number of carbonyl (C=O) groups is 2. The summed E-state index contributed by atoms with van der Waals surface area (Å²) < 4.78 is 22.5. The van der Waals surface area contributed by atoms with Crippen LogP contribution < -0.4 is 15.6 Å². The summed E-state index contributed by atoms with van der Waals surface area (Å²) >= 11 is 0. The van der Waals surface area contributed by atoms with E-state index in [9.17, 15) is 19.5 Å². The van der Waals surface area contributed by atoms with Crippen molar-refractivity contribution in [3.05, 3.63) is 39.9 Å². The summed E-state index contributed by atoms with van der Waals surface area (Å²) in [7, 11) is 0. The van der Waals surface area contributed by atoms with Gasteiger partial charge in [0.05, 0.1) is 17.2 Å². The molecule has 1 amide bonds. The number of carboxylic acid groups (broad SMARTS) is 1. The molecule has 5 rings (SSSR count). The van der Waals surface area contributed by atoms with Gasteiger partial charge in [-0.2, -0.15) is 0 Å². The summed E-state index contributed by atoms with van der Waals surface area (Å²) in [6, 6.07) is 2.76. The number of hydrogen-bond donors (Lipinski definition) is 2. The zero-order chi connectivity index (χ0) is 23.7.